The Kier molecular flexibility index (Phi) is 9.42. The molecule has 58 heavy (non-hydrogen) atoms. The van der Waals surface area contributed by atoms with Crippen LogP contribution in [0.4, 0.5) is 34.1 Å². The Morgan fingerprint density at radius 3 is 1.22 bits per heavy atom. The molecule has 0 saturated carbocycles. The van der Waals surface area contributed by atoms with Gasteiger partial charge in [-0.3, -0.25) is 0 Å². The van der Waals surface area contributed by atoms with Gasteiger partial charge in [0.15, 0.2) is 0 Å². The highest BCUT2D eigenvalue weighted by atomic mass is 16.4. The molecule has 0 aliphatic carbocycles. The van der Waals surface area contributed by atoms with Crippen LogP contribution in [0.25, 0.3) is 43.8 Å². The summed E-state index contributed by atoms with van der Waals surface area (Å²) >= 11 is 0. The second kappa shape index (κ2) is 15.3. The Bertz CT molecular complexity index is 2910. The van der Waals surface area contributed by atoms with Gasteiger partial charge in [-0.2, -0.15) is 0 Å². The molecule has 6 heteroatoms. The first kappa shape index (κ1) is 35.7. The zero-order valence-electron chi connectivity index (χ0n) is 31.2. The minimum absolute atomic E-state index is 0.183. The summed E-state index contributed by atoms with van der Waals surface area (Å²) in [5, 5.41) is 23.8. The number of anilines is 6. The molecule has 2 N–H and O–H groups in total. The Morgan fingerprint density at radius 1 is 0.345 bits per heavy atom. The topological polar surface area (TPSA) is 81.1 Å². The van der Waals surface area contributed by atoms with Crippen LogP contribution in [-0.2, 0) is 0 Å². The van der Waals surface area contributed by atoms with Gasteiger partial charge < -0.3 is 20.0 Å². The van der Waals surface area contributed by atoms with E-state index in [-0.39, 0.29) is 11.1 Å². The van der Waals surface area contributed by atoms with E-state index in [0.29, 0.717) is 0 Å². The molecule has 0 amide bonds. The van der Waals surface area contributed by atoms with Crippen molar-refractivity contribution in [3.63, 3.8) is 0 Å². The van der Waals surface area contributed by atoms with Crippen LogP contribution < -0.4 is 9.80 Å². The molecule has 0 aliphatic heterocycles. The first-order chi connectivity index (χ1) is 28.5. The highest BCUT2D eigenvalue weighted by Crippen LogP contribution is 2.50. The van der Waals surface area contributed by atoms with Crippen molar-refractivity contribution >= 4 is 67.6 Å². The van der Waals surface area contributed by atoms with Crippen LogP contribution in [0.1, 0.15) is 20.7 Å². The lowest BCUT2D eigenvalue weighted by Gasteiger charge is -2.30. The summed E-state index contributed by atoms with van der Waals surface area (Å²) in [6.45, 7) is 0. The van der Waals surface area contributed by atoms with Crippen molar-refractivity contribution in [3.05, 3.63) is 217 Å². The molecule has 0 unspecified atom stereocenters. The van der Waals surface area contributed by atoms with Crippen LogP contribution in [0.3, 0.4) is 0 Å². The molecular formula is C52H36N2O4. The fourth-order valence-corrected chi connectivity index (χ4v) is 7.98. The highest BCUT2D eigenvalue weighted by molar-refractivity contribution is 6.25. The van der Waals surface area contributed by atoms with Crippen LogP contribution in [0.5, 0.6) is 0 Å². The number of benzene rings is 9. The van der Waals surface area contributed by atoms with E-state index in [1.165, 1.54) is 0 Å². The van der Waals surface area contributed by atoms with Crippen molar-refractivity contribution in [3.8, 4) is 22.3 Å². The Morgan fingerprint density at radius 2 is 0.724 bits per heavy atom. The zero-order valence-corrected chi connectivity index (χ0v) is 31.2. The predicted octanol–water partition coefficient (Wildman–Crippen LogP) is 13.7. The summed E-state index contributed by atoms with van der Waals surface area (Å²) in [5.74, 6) is -2.01. The van der Waals surface area contributed by atoms with Gasteiger partial charge in [0.25, 0.3) is 0 Å². The molecule has 0 aliphatic rings. The third-order valence-corrected chi connectivity index (χ3v) is 10.5. The maximum Gasteiger partial charge on any atom is 0.335 e. The molecule has 9 aromatic carbocycles. The molecule has 0 saturated heterocycles. The number of aromatic carboxylic acids is 2. The van der Waals surface area contributed by atoms with Gasteiger partial charge in [-0.05, 0) is 129 Å². The number of carbonyl (C=O) groups is 2. The number of carboxylic acids is 2. The average Bonchev–Trinajstić information content (AvgIpc) is 3.27. The molecule has 0 fully saturated rings. The van der Waals surface area contributed by atoms with Crippen molar-refractivity contribution < 1.29 is 19.8 Å². The smallest absolute Gasteiger partial charge is 0.335 e. The van der Waals surface area contributed by atoms with Gasteiger partial charge in [-0.15, -0.1) is 0 Å². The summed E-state index contributed by atoms with van der Waals surface area (Å²) in [6, 6.07) is 67.7. The predicted molar refractivity (Wildman–Crippen MR) is 236 cm³/mol. The molecular weight excluding hydrogens is 717 g/mol. The van der Waals surface area contributed by atoms with E-state index in [0.717, 1.165) is 77.9 Å². The van der Waals surface area contributed by atoms with E-state index in [2.05, 4.69) is 88.7 Å². The standard InChI is InChI=1S/C52H36N2O4/c55-51(56)37-17-12-15-35(33-37)48-44-25-10-11-26-45(44)49(36-16-13-18-38(34-36)52(57)58)50-46(48)27-14-28-47(50)54(41-23-8-3-9-24-41)43-31-29-42(30-32-43)53(39-19-4-1-5-20-39)40-21-6-2-7-22-40/h1-34H,(H,55,56)(H,57,58). The fraction of sp³-hybridized carbons (Fsp3) is 0. The van der Waals surface area contributed by atoms with Gasteiger partial charge >= 0.3 is 11.9 Å². The molecule has 0 atom stereocenters. The number of fused-ring (bicyclic) bond motifs is 2. The molecule has 6 nitrogen and oxygen atoms in total. The van der Waals surface area contributed by atoms with Crippen molar-refractivity contribution in [2.75, 3.05) is 9.80 Å². The fourth-order valence-electron chi connectivity index (χ4n) is 7.98. The molecule has 0 spiro atoms. The molecule has 0 bridgehead atoms. The quantitative estimate of drug-likeness (QED) is 0.135. The van der Waals surface area contributed by atoms with Crippen LogP contribution in [-0.4, -0.2) is 22.2 Å². The van der Waals surface area contributed by atoms with Crippen LogP contribution in [0, 0.1) is 0 Å². The minimum Gasteiger partial charge on any atom is -0.478 e. The Labute approximate surface area is 335 Å². The first-order valence-corrected chi connectivity index (χ1v) is 19.0. The Hall–Kier alpha value is -7.96. The summed E-state index contributed by atoms with van der Waals surface area (Å²) in [5.41, 5.74) is 9.43. The lowest BCUT2D eigenvalue weighted by Crippen LogP contribution is -2.12. The molecule has 9 rings (SSSR count). The minimum atomic E-state index is -1.01. The number of hydrogen-bond donors (Lipinski definition) is 2. The summed E-state index contributed by atoms with van der Waals surface area (Å²) in [4.78, 5) is 29.1. The van der Waals surface area contributed by atoms with Gasteiger partial charge in [0, 0.05) is 33.8 Å². The molecule has 278 valence electrons. The summed E-state index contributed by atoms with van der Waals surface area (Å²) in [6.07, 6.45) is 0. The number of hydrogen-bond acceptors (Lipinski definition) is 4. The highest BCUT2D eigenvalue weighted by Gasteiger charge is 2.24. The van der Waals surface area contributed by atoms with Crippen LogP contribution >= 0.6 is 0 Å². The van der Waals surface area contributed by atoms with Crippen molar-refractivity contribution in [2.24, 2.45) is 0 Å². The molecule has 0 heterocycles. The maximum atomic E-state index is 12.4. The maximum absolute atomic E-state index is 12.4. The average molecular weight is 753 g/mol. The molecule has 0 radical (unpaired) electrons. The van der Waals surface area contributed by atoms with Gasteiger partial charge in [0.05, 0.1) is 16.8 Å². The van der Waals surface area contributed by atoms with Gasteiger partial charge in [0.2, 0.25) is 0 Å². The van der Waals surface area contributed by atoms with E-state index in [1.807, 2.05) is 91.0 Å². The van der Waals surface area contributed by atoms with Crippen molar-refractivity contribution in [1.82, 2.24) is 0 Å². The normalized spacial score (nSPS) is 11.0. The van der Waals surface area contributed by atoms with Gasteiger partial charge in [-0.1, -0.05) is 115 Å². The lowest BCUT2D eigenvalue weighted by molar-refractivity contribution is 0.0686. The zero-order chi connectivity index (χ0) is 39.6. The van der Waals surface area contributed by atoms with Crippen molar-refractivity contribution in [1.29, 1.82) is 0 Å². The SMILES string of the molecule is O=C(O)c1cccc(-c2c3ccccc3c(-c3cccc(C(=O)O)c3)c3c(N(c4ccccc4)c4ccc(N(c5ccccc5)c5ccccc5)cc4)cccc23)c1. The van der Waals surface area contributed by atoms with Crippen LogP contribution in [0.2, 0.25) is 0 Å². The largest absolute Gasteiger partial charge is 0.478 e. The number of para-hydroxylation sites is 3. The van der Waals surface area contributed by atoms with E-state index in [4.69, 9.17) is 0 Å². The van der Waals surface area contributed by atoms with E-state index in [1.54, 1.807) is 36.4 Å². The van der Waals surface area contributed by atoms with Gasteiger partial charge in [-0.25, -0.2) is 9.59 Å². The third-order valence-electron chi connectivity index (χ3n) is 10.5. The van der Waals surface area contributed by atoms with Crippen LogP contribution in [0.15, 0.2) is 206 Å². The number of carboxylic acid groups (broad SMARTS) is 2. The second-order valence-corrected chi connectivity index (χ2v) is 14.0. The molecule has 0 aromatic heterocycles. The number of rotatable bonds is 10. The van der Waals surface area contributed by atoms with E-state index < -0.39 is 11.9 Å². The van der Waals surface area contributed by atoms with E-state index >= 15 is 0 Å². The van der Waals surface area contributed by atoms with Crippen molar-refractivity contribution in [2.45, 2.75) is 0 Å². The third kappa shape index (κ3) is 6.59. The first-order valence-electron chi connectivity index (χ1n) is 19.0. The summed E-state index contributed by atoms with van der Waals surface area (Å²) in [7, 11) is 0. The van der Waals surface area contributed by atoms with E-state index in [9.17, 15) is 19.8 Å². The molecule has 9 aromatic rings. The Balaban J connectivity index is 1.34. The monoisotopic (exact) mass is 752 g/mol. The van der Waals surface area contributed by atoms with Gasteiger partial charge in [0.1, 0.15) is 0 Å². The number of nitrogens with zero attached hydrogens (tertiary/aromatic N) is 2. The summed E-state index contributed by atoms with van der Waals surface area (Å²) < 4.78 is 0. The lowest BCUT2D eigenvalue weighted by atomic mass is 9.84. The second-order valence-electron chi connectivity index (χ2n) is 14.0.